The standard InChI is InChI=1S/C16H24N4O2/c1-19(12-15(21)18-16(17)22)14-7-9-20(10-8-14)11-13-5-3-2-4-6-13/h2-6,14H,7-12H2,1H3,(H3,17,18,21,22). The van der Waals surface area contributed by atoms with Crippen LogP contribution in [0, 0.1) is 0 Å². The summed E-state index contributed by atoms with van der Waals surface area (Å²) in [6.07, 6.45) is 2.04. The molecule has 120 valence electrons. The highest BCUT2D eigenvalue weighted by Crippen LogP contribution is 2.17. The van der Waals surface area contributed by atoms with Crippen molar-refractivity contribution in [3.63, 3.8) is 0 Å². The maximum Gasteiger partial charge on any atom is 0.318 e. The number of nitrogens with zero attached hydrogens (tertiary/aromatic N) is 2. The third kappa shape index (κ3) is 5.13. The molecule has 1 aromatic carbocycles. The predicted octanol–water partition coefficient (Wildman–Crippen LogP) is 0.778. The van der Waals surface area contributed by atoms with Gasteiger partial charge in [-0.2, -0.15) is 0 Å². The molecule has 0 saturated carbocycles. The number of imide groups is 1. The Kier molecular flexibility index (Phi) is 5.91. The van der Waals surface area contributed by atoms with Gasteiger partial charge in [0.15, 0.2) is 0 Å². The lowest BCUT2D eigenvalue weighted by atomic mass is 10.0. The van der Waals surface area contributed by atoms with E-state index in [0.717, 1.165) is 32.5 Å². The number of urea groups is 1. The molecule has 3 N–H and O–H groups in total. The molecule has 1 aliphatic heterocycles. The van der Waals surface area contributed by atoms with Crippen molar-refractivity contribution in [1.82, 2.24) is 15.1 Å². The van der Waals surface area contributed by atoms with Gasteiger partial charge in [0, 0.05) is 12.6 Å². The Morgan fingerprint density at radius 3 is 2.50 bits per heavy atom. The SMILES string of the molecule is CN(CC(=O)NC(N)=O)C1CCN(Cc2ccccc2)CC1. The first-order valence-electron chi connectivity index (χ1n) is 7.60. The average molecular weight is 304 g/mol. The lowest BCUT2D eigenvalue weighted by Gasteiger charge is -2.36. The summed E-state index contributed by atoms with van der Waals surface area (Å²) in [4.78, 5) is 26.6. The molecule has 6 nitrogen and oxygen atoms in total. The van der Waals surface area contributed by atoms with Gasteiger partial charge in [-0.3, -0.25) is 19.9 Å². The van der Waals surface area contributed by atoms with E-state index in [4.69, 9.17) is 5.73 Å². The average Bonchev–Trinajstić information content (AvgIpc) is 2.48. The second-order valence-electron chi connectivity index (χ2n) is 5.82. The van der Waals surface area contributed by atoms with Crippen LogP contribution in [0.25, 0.3) is 0 Å². The summed E-state index contributed by atoms with van der Waals surface area (Å²) in [6, 6.07) is 10.0. The van der Waals surface area contributed by atoms with Gasteiger partial charge in [0.25, 0.3) is 0 Å². The summed E-state index contributed by atoms with van der Waals surface area (Å²) >= 11 is 0. The third-order valence-corrected chi connectivity index (χ3v) is 4.09. The Labute approximate surface area is 131 Å². The smallest absolute Gasteiger partial charge is 0.318 e. The molecule has 1 aliphatic rings. The van der Waals surface area contributed by atoms with E-state index in [1.807, 2.05) is 18.0 Å². The fourth-order valence-corrected chi connectivity index (χ4v) is 2.89. The molecule has 22 heavy (non-hydrogen) atoms. The van der Waals surface area contributed by atoms with E-state index in [1.165, 1.54) is 5.56 Å². The molecule has 1 fully saturated rings. The molecule has 0 atom stereocenters. The maximum absolute atomic E-state index is 11.5. The number of carbonyl (C=O) groups excluding carboxylic acids is 2. The molecule has 0 radical (unpaired) electrons. The van der Waals surface area contributed by atoms with Gasteiger partial charge >= 0.3 is 6.03 Å². The Balaban J connectivity index is 1.74. The number of hydrogen-bond acceptors (Lipinski definition) is 4. The molecule has 1 heterocycles. The van der Waals surface area contributed by atoms with Crippen molar-refractivity contribution < 1.29 is 9.59 Å². The Morgan fingerprint density at radius 2 is 1.91 bits per heavy atom. The first-order chi connectivity index (χ1) is 10.5. The first kappa shape index (κ1) is 16.5. The van der Waals surface area contributed by atoms with Gasteiger partial charge in [0.2, 0.25) is 5.91 Å². The second kappa shape index (κ2) is 7.91. The third-order valence-electron chi connectivity index (χ3n) is 4.09. The van der Waals surface area contributed by atoms with Crippen LogP contribution in [0.5, 0.6) is 0 Å². The van der Waals surface area contributed by atoms with Gasteiger partial charge in [0.05, 0.1) is 6.54 Å². The van der Waals surface area contributed by atoms with Crippen LogP contribution in [0.1, 0.15) is 18.4 Å². The lowest BCUT2D eigenvalue weighted by Crippen LogP contribution is -2.47. The van der Waals surface area contributed by atoms with Crippen LogP contribution in [0.2, 0.25) is 0 Å². The zero-order valence-corrected chi connectivity index (χ0v) is 13.0. The summed E-state index contributed by atoms with van der Waals surface area (Å²) in [5, 5.41) is 2.10. The quantitative estimate of drug-likeness (QED) is 0.842. The highest BCUT2D eigenvalue weighted by Gasteiger charge is 2.23. The zero-order valence-electron chi connectivity index (χ0n) is 13.0. The molecule has 0 bridgehead atoms. The maximum atomic E-state index is 11.5. The van der Waals surface area contributed by atoms with Crippen LogP contribution in [0.3, 0.4) is 0 Å². The summed E-state index contributed by atoms with van der Waals surface area (Å²) in [5.41, 5.74) is 6.27. The second-order valence-corrected chi connectivity index (χ2v) is 5.82. The Hall–Kier alpha value is -1.92. The van der Waals surface area contributed by atoms with Crippen molar-refractivity contribution in [2.24, 2.45) is 5.73 Å². The Bertz CT molecular complexity index is 498. The molecule has 0 aliphatic carbocycles. The van der Waals surface area contributed by atoms with Crippen molar-refractivity contribution in [3.8, 4) is 0 Å². The highest BCUT2D eigenvalue weighted by molar-refractivity contribution is 5.94. The lowest BCUT2D eigenvalue weighted by molar-refractivity contribution is -0.121. The van der Waals surface area contributed by atoms with Gasteiger partial charge < -0.3 is 5.73 Å². The number of hydrogen-bond donors (Lipinski definition) is 2. The zero-order chi connectivity index (χ0) is 15.9. The van der Waals surface area contributed by atoms with Crippen LogP contribution in [0.15, 0.2) is 30.3 Å². The summed E-state index contributed by atoms with van der Waals surface area (Å²) in [7, 11) is 1.91. The molecule has 0 unspecified atom stereocenters. The van der Waals surface area contributed by atoms with E-state index in [-0.39, 0.29) is 12.5 Å². The number of primary amides is 1. The largest absolute Gasteiger partial charge is 0.351 e. The molecule has 6 heteroatoms. The number of carbonyl (C=O) groups is 2. The number of nitrogens with one attached hydrogen (secondary N) is 1. The minimum absolute atomic E-state index is 0.201. The van der Waals surface area contributed by atoms with Gasteiger partial charge in [0.1, 0.15) is 0 Å². The van der Waals surface area contributed by atoms with E-state index >= 15 is 0 Å². The van der Waals surface area contributed by atoms with E-state index in [0.29, 0.717) is 6.04 Å². The normalized spacial score (nSPS) is 16.6. The van der Waals surface area contributed by atoms with Gasteiger partial charge in [-0.25, -0.2) is 4.79 Å². The fourth-order valence-electron chi connectivity index (χ4n) is 2.89. The predicted molar refractivity (Wildman–Crippen MR) is 85.1 cm³/mol. The molecule has 0 aromatic heterocycles. The van der Waals surface area contributed by atoms with Crippen LogP contribution >= 0.6 is 0 Å². The van der Waals surface area contributed by atoms with Crippen LogP contribution < -0.4 is 11.1 Å². The summed E-state index contributed by atoms with van der Waals surface area (Å²) < 4.78 is 0. The van der Waals surface area contributed by atoms with Gasteiger partial charge in [-0.1, -0.05) is 30.3 Å². The van der Waals surface area contributed by atoms with Crippen LogP contribution in [-0.4, -0.2) is 54.5 Å². The molecule has 0 spiro atoms. The number of nitrogens with two attached hydrogens (primary N) is 1. The van der Waals surface area contributed by atoms with Crippen LogP contribution in [0.4, 0.5) is 4.79 Å². The van der Waals surface area contributed by atoms with Crippen molar-refractivity contribution in [2.75, 3.05) is 26.7 Å². The highest BCUT2D eigenvalue weighted by atomic mass is 16.2. The van der Waals surface area contributed by atoms with Crippen molar-refractivity contribution in [3.05, 3.63) is 35.9 Å². The van der Waals surface area contributed by atoms with Gasteiger partial charge in [-0.15, -0.1) is 0 Å². The fraction of sp³-hybridized carbons (Fsp3) is 0.500. The minimum Gasteiger partial charge on any atom is -0.351 e. The minimum atomic E-state index is -0.795. The summed E-state index contributed by atoms with van der Waals surface area (Å²) in [6.45, 7) is 3.20. The molecular weight excluding hydrogens is 280 g/mol. The number of amides is 3. The number of rotatable bonds is 5. The number of likely N-dealkylation sites (tertiary alicyclic amines) is 1. The van der Waals surface area contributed by atoms with Crippen molar-refractivity contribution in [1.29, 1.82) is 0 Å². The van der Waals surface area contributed by atoms with E-state index in [9.17, 15) is 9.59 Å². The number of piperidine rings is 1. The summed E-state index contributed by atoms with van der Waals surface area (Å²) in [5.74, 6) is -0.346. The van der Waals surface area contributed by atoms with E-state index in [2.05, 4.69) is 34.5 Å². The van der Waals surface area contributed by atoms with E-state index < -0.39 is 6.03 Å². The van der Waals surface area contributed by atoms with Gasteiger partial charge in [-0.05, 0) is 38.5 Å². The number of benzene rings is 1. The molecule has 1 aromatic rings. The molecule has 2 rings (SSSR count). The Morgan fingerprint density at radius 1 is 1.27 bits per heavy atom. The first-order valence-corrected chi connectivity index (χ1v) is 7.60. The monoisotopic (exact) mass is 304 g/mol. The topological polar surface area (TPSA) is 78.7 Å². The molecule has 3 amide bonds. The molecular formula is C16H24N4O2. The van der Waals surface area contributed by atoms with Crippen molar-refractivity contribution >= 4 is 11.9 Å². The number of likely N-dealkylation sites (N-methyl/N-ethyl adjacent to an activating group) is 1. The van der Waals surface area contributed by atoms with E-state index in [1.54, 1.807) is 0 Å². The molecule has 1 saturated heterocycles. The van der Waals surface area contributed by atoms with Crippen molar-refractivity contribution in [2.45, 2.75) is 25.4 Å². The van der Waals surface area contributed by atoms with Crippen LogP contribution in [-0.2, 0) is 11.3 Å².